The second-order valence-electron chi connectivity index (χ2n) is 2.99. The normalized spacial score (nSPS) is 36.8. The van der Waals surface area contributed by atoms with E-state index in [1.807, 2.05) is 0 Å². The van der Waals surface area contributed by atoms with Gasteiger partial charge in [-0.25, -0.2) is 0 Å². The Morgan fingerprint density at radius 1 is 1.62 bits per heavy atom. The molecule has 1 nitrogen and oxygen atoms in total. The van der Waals surface area contributed by atoms with Crippen LogP contribution in [0.5, 0.6) is 0 Å². The lowest BCUT2D eigenvalue weighted by molar-refractivity contribution is 0.215. The van der Waals surface area contributed by atoms with Crippen LogP contribution in [0.4, 0.5) is 0 Å². The third-order valence-electron chi connectivity index (χ3n) is 2.03. The fourth-order valence-electron chi connectivity index (χ4n) is 1.32. The molecule has 1 atom stereocenters. The summed E-state index contributed by atoms with van der Waals surface area (Å²) in [6.07, 6.45) is 4.03. The van der Waals surface area contributed by atoms with Gasteiger partial charge in [-0.2, -0.15) is 0 Å². The molecule has 1 rings (SSSR count). The maximum Gasteiger partial charge on any atom is 0.0165 e. The predicted octanol–water partition coefficient (Wildman–Crippen LogP) is 1.54. The van der Waals surface area contributed by atoms with Crippen LogP contribution in [0.3, 0.4) is 0 Å². The lowest BCUT2D eigenvalue weighted by Gasteiger charge is -2.40. The Morgan fingerprint density at radius 2 is 2.25 bits per heavy atom. The van der Waals surface area contributed by atoms with Gasteiger partial charge >= 0.3 is 0 Å². The lowest BCUT2D eigenvalue weighted by atomic mass is 9.86. The standard InChI is InChI=1S/C7H15N/c1-3-4-7(2)5-6-8-7/h8H,3-6H2,1-2H3. The first-order valence-electron chi connectivity index (χ1n) is 3.52. The molecule has 0 bridgehead atoms. The van der Waals surface area contributed by atoms with Gasteiger partial charge in [0.05, 0.1) is 0 Å². The van der Waals surface area contributed by atoms with Crippen LogP contribution in [0.2, 0.25) is 0 Å². The first-order chi connectivity index (χ1) is 3.77. The van der Waals surface area contributed by atoms with Crippen molar-refractivity contribution in [1.82, 2.24) is 5.32 Å². The molecule has 1 fully saturated rings. The van der Waals surface area contributed by atoms with E-state index >= 15 is 0 Å². The number of rotatable bonds is 2. The quantitative estimate of drug-likeness (QED) is 0.572. The summed E-state index contributed by atoms with van der Waals surface area (Å²) >= 11 is 0. The van der Waals surface area contributed by atoms with Crippen molar-refractivity contribution in [2.75, 3.05) is 6.54 Å². The van der Waals surface area contributed by atoms with Gasteiger partial charge in [-0.15, -0.1) is 0 Å². The SMILES string of the molecule is CCCC1(C)CCN1. The molecule has 48 valence electrons. The molecule has 1 aliphatic rings. The van der Waals surface area contributed by atoms with Crippen molar-refractivity contribution in [1.29, 1.82) is 0 Å². The third kappa shape index (κ3) is 1.03. The average molecular weight is 113 g/mol. The minimum absolute atomic E-state index is 0.523. The molecule has 0 saturated carbocycles. The van der Waals surface area contributed by atoms with E-state index in [1.165, 1.54) is 25.8 Å². The van der Waals surface area contributed by atoms with Crippen LogP contribution in [0.25, 0.3) is 0 Å². The molecule has 0 aromatic carbocycles. The monoisotopic (exact) mass is 113 g/mol. The summed E-state index contributed by atoms with van der Waals surface area (Å²) in [4.78, 5) is 0. The van der Waals surface area contributed by atoms with Gasteiger partial charge in [0, 0.05) is 5.54 Å². The molecule has 0 aromatic rings. The fourth-order valence-corrected chi connectivity index (χ4v) is 1.32. The molecular weight excluding hydrogens is 98.1 g/mol. The number of hydrogen-bond acceptors (Lipinski definition) is 1. The van der Waals surface area contributed by atoms with E-state index in [2.05, 4.69) is 19.2 Å². The molecule has 0 spiro atoms. The first-order valence-corrected chi connectivity index (χ1v) is 3.52. The molecule has 1 N–H and O–H groups in total. The van der Waals surface area contributed by atoms with E-state index in [4.69, 9.17) is 0 Å². The van der Waals surface area contributed by atoms with E-state index in [9.17, 15) is 0 Å². The van der Waals surface area contributed by atoms with Crippen molar-refractivity contribution in [3.63, 3.8) is 0 Å². The van der Waals surface area contributed by atoms with Crippen molar-refractivity contribution in [2.45, 2.75) is 38.6 Å². The van der Waals surface area contributed by atoms with Crippen LogP contribution in [-0.4, -0.2) is 12.1 Å². The molecule has 1 heteroatoms. The summed E-state index contributed by atoms with van der Waals surface area (Å²) in [6, 6.07) is 0. The number of hydrogen-bond donors (Lipinski definition) is 1. The van der Waals surface area contributed by atoms with Gasteiger partial charge in [0.25, 0.3) is 0 Å². The summed E-state index contributed by atoms with van der Waals surface area (Å²) < 4.78 is 0. The van der Waals surface area contributed by atoms with Gasteiger partial charge in [0.15, 0.2) is 0 Å². The Hall–Kier alpha value is -0.0400. The first kappa shape index (κ1) is 6.09. The Kier molecular flexibility index (Phi) is 1.57. The van der Waals surface area contributed by atoms with E-state index in [-0.39, 0.29) is 0 Å². The summed E-state index contributed by atoms with van der Waals surface area (Å²) in [5, 5.41) is 3.42. The van der Waals surface area contributed by atoms with Crippen molar-refractivity contribution in [3.05, 3.63) is 0 Å². The van der Waals surface area contributed by atoms with Crippen LogP contribution < -0.4 is 5.32 Å². The largest absolute Gasteiger partial charge is 0.311 e. The van der Waals surface area contributed by atoms with Gasteiger partial charge in [0.2, 0.25) is 0 Å². The van der Waals surface area contributed by atoms with Gasteiger partial charge in [-0.3, -0.25) is 0 Å². The summed E-state index contributed by atoms with van der Waals surface area (Å²) in [5.74, 6) is 0. The van der Waals surface area contributed by atoms with Gasteiger partial charge < -0.3 is 5.32 Å². The molecule has 1 saturated heterocycles. The highest BCUT2D eigenvalue weighted by Crippen LogP contribution is 2.22. The molecule has 8 heavy (non-hydrogen) atoms. The lowest BCUT2D eigenvalue weighted by Crippen LogP contribution is -2.54. The number of nitrogens with one attached hydrogen (secondary N) is 1. The van der Waals surface area contributed by atoms with Gasteiger partial charge in [0.1, 0.15) is 0 Å². The van der Waals surface area contributed by atoms with E-state index in [1.54, 1.807) is 0 Å². The molecular formula is C7H15N. The van der Waals surface area contributed by atoms with Gasteiger partial charge in [-0.1, -0.05) is 13.3 Å². The topological polar surface area (TPSA) is 12.0 Å². The fraction of sp³-hybridized carbons (Fsp3) is 1.00. The smallest absolute Gasteiger partial charge is 0.0165 e. The maximum atomic E-state index is 3.42. The molecule has 0 aliphatic carbocycles. The molecule has 0 aromatic heterocycles. The Morgan fingerprint density at radius 3 is 2.38 bits per heavy atom. The maximum absolute atomic E-state index is 3.42. The zero-order valence-electron chi connectivity index (χ0n) is 5.83. The van der Waals surface area contributed by atoms with Crippen LogP contribution >= 0.6 is 0 Å². The third-order valence-corrected chi connectivity index (χ3v) is 2.03. The van der Waals surface area contributed by atoms with E-state index in [0.29, 0.717) is 5.54 Å². The van der Waals surface area contributed by atoms with Crippen molar-refractivity contribution >= 4 is 0 Å². The summed E-state index contributed by atoms with van der Waals surface area (Å²) in [7, 11) is 0. The minimum Gasteiger partial charge on any atom is -0.311 e. The average Bonchev–Trinajstić information content (AvgIpc) is 1.64. The van der Waals surface area contributed by atoms with Crippen molar-refractivity contribution < 1.29 is 0 Å². The molecule has 1 unspecified atom stereocenters. The predicted molar refractivity (Wildman–Crippen MR) is 35.9 cm³/mol. The Bertz CT molecular complexity index is 74.5. The van der Waals surface area contributed by atoms with E-state index < -0.39 is 0 Å². The van der Waals surface area contributed by atoms with E-state index in [0.717, 1.165) is 0 Å². The van der Waals surface area contributed by atoms with Crippen LogP contribution in [0, 0.1) is 0 Å². The zero-order chi connectivity index (χ0) is 6.04. The second-order valence-corrected chi connectivity index (χ2v) is 2.99. The van der Waals surface area contributed by atoms with Crippen molar-refractivity contribution in [2.24, 2.45) is 0 Å². The van der Waals surface area contributed by atoms with Crippen molar-refractivity contribution in [3.8, 4) is 0 Å². The zero-order valence-corrected chi connectivity index (χ0v) is 5.83. The summed E-state index contributed by atoms with van der Waals surface area (Å²) in [6.45, 7) is 5.78. The molecule has 1 heterocycles. The molecule has 0 radical (unpaired) electrons. The molecule has 1 aliphatic heterocycles. The molecule has 0 amide bonds. The minimum atomic E-state index is 0.523. The van der Waals surface area contributed by atoms with Crippen LogP contribution in [-0.2, 0) is 0 Å². The Labute approximate surface area is 51.5 Å². The van der Waals surface area contributed by atoms with Gasteiger partial charge in [-0.05, 0) is 26.3 Å². The highest BCUT2D eigenvalue weighted by atomic mass is 15.0. The Balaban J connectivity index is 2.20. The highest BCUT2D eigenvalue weighted by Gasteiger charge is 2.28. The van der Waals surface area contributed by atoms with Crippen LogP contribution in [0.1, 0.15) is 33.1 Å². The highest BCUT2D eigenvalue weighted by molar-refractivity contribution is 4.91. The second kappa shape index (κ2) is 2.06. The summed E-state index contributed by atoms with van der Waals surface area (Å²) in [5.41, 5.74) is 0.523. The van der Waals surface area contributed by atoms with Crippen LogP contribution in [0.15, 0.2) is 0 Å².